The van der Waals surface area contributed by atoms with Gasteiger partial charge in [0.05, 0.1) is 10.8 Å². The number of nitrogens with one attached hydrogen (secondary N) is 1. The molecule has 0 radical (unpaired) electrons. The van der Waals surface area contributed by atoms with Gasteiger partial charge in [-0.15, -0.1) is 11.3 Å². The molecule has 0 aliphatic heterocycles. The third kappa shape index (κ3) is 1.96. The fourth-order valence-electron chi connectivity index (χ4n) is 2.19. The molecule has 1 aliphatic rings. The van der Waals surface area contributed by atoms with E-state index in [0.29, 0.717) is 6.54 Å². The first-order valence-electron chi connectivity index (χ1n) is 6.21. The van der Waals surface area contributed by atoms with Crippen molar-refractivity contribution in [3.63, 3.8) is 0 Å². The van der Waals surface area contributed by atoms with Crippen molar-refractivity contribution in [2.24, 2.45) is 5.41 Å². The first kappa shape index (κ1) is 12.3. The maximum atomic E-state index is 11.2. The number of rotatable bonds is 4. The van der Waals surface area contributed by atoms with Crippen LogP contribution in [0.1, 0.15) is 23.3 Å². The summed E-state index contributed by atoms with van der Waals surface area (Å²) in [6.45, 7) is 4.54. The van der Waals surface area contributed by atoms with Gasteiger partial charge in [-0.05, 0) is 32.3 Å². The Bertz CT molecular complexity index is 661. The Morgan fingerprint density at radius 1 is 1.47 bits per heavy atom. The Morgan fingerprint density at radius 2 is 2.21 bits per heavy atom. The lowest BCUT2D eigenvalue weighted by molar-refractivity contribution is -0.142. The Hall–Kier alpha value is -1.69. The normalized spacial score (nSPS) is 16.5. The highest BCUT2D eigenvalue weighted by Crippen LogP contribution is 2.46. The molecule has 19 heavy (non-hydrogen) atoms. The van der Waals surface area contributed by atoms with Crippen molar-refractivity contribution >= 4 is 33.3 Å². The van der Waals surface area contributed by atoms with E-state index in [1.165, 1.54) is 16.8 Å². The van der Waals surface area contributed by atoms with E-state index in [0.717, 1.165) is 28.9 Å². The third-order valence-electron chi connectivity index (χ3n) is 3.87. The summed E-state index contributed by atoms with van der Waals surface area (Å²) in [5.74, 6) is 0.0305. The Kier molecular flexibility index (Phi) is 2.70. The summed E-state index contributed by atoms with van der Waals surface area (Å²) in [7, 11) is 0. The molecule has 1 saturated carbocycles. The van der Waals surface area contributed by atoms with Gasteiger partial charge in [0.15, 0.2) is 0 Å². The quantitative estimate of drug-likeness (QED) is 0.898. The number of carboxylic acids is 1. The molecule has 0 saturated heterocycles. The molecule has 3 rings (SSSR count). The number of aliphatic carboxylic acids is 1. The van der Waals surface area contributed by atoms with Crippen LogP contribution >= 0.6 is 11.3 Å². The van der Waals surface area contributed by atoms with Crippen LogP contribution in [-0.4, -0.2) is 27.6 Å². The van der Waals surface area contributed by atoms with Crippen LogP contribution in [-0.2, 0) is 4.79 Å². The van der Waals surface area contributed by atoms with E-state index in [1.807, 2.05) is 6.92 Å². The number of carbonyl (C=O) groups is 1. The van der Waals surface area contributed by atoms with Crippen LogP contribution in [0.25, 0.3) is 10.2 Å². The lowest BCUT2D eigenvalue weighted by Gasteiger charge is -2.12. The number of hydrogen-bond acceptors (Lipinski definition) is 5. The lowest BCUT2D eigenvalue weighted by atomic mass is 10.1. The van der Waals surface area contributed by atoms with E-state index in [-0.39, 0.29) is 0 Å². The maximum absolute atomic E-state index is 11.2. The molecular weight excluding hydrogens is 262 g/mol. The second-order valence-electron chi connectivity index (χ2n) is 5.12. The highest BCUT2D eigenvalue weighted by atomic mass is 32.1. The van der Waals surface area contributed by atoms with Gasteiger partial charge in [-0.2, -0.15) is 0 Å². The van der Waals surface area contributed by atoms with Gasteiger partial charge >= 0.3 is 5.97 Å². The number of hydrogen-bond donors (Lipinski definition) is 2. The molecule has 1 aliphatic carbocycles. The van der Waals surface area contributed by atoms with Crippen LogP contribution in [0.3, 0.4) is 0 Å². The predicted octanol–water partition coefficient (Wildman–Crippen LogP) is 2.58. The molecule has 0 atom stereocenters. The number of nitrogens with zero attached hydrogens (tertiary/aromatic N) is 2. The molecule has 0 amide bonds. The average Bonchev–Trinajstić information content (AvgIpc) is 3.11. The Labute approximate surface area is 114 Å². The summed E-state index contributed by atoms with van der Waals surface area (Å²) in [5, 5.41) is 13.4. The number of anilines is 1. The van der Waals surface area contributed by atoms with Gasteiger partial charge in [-0.25, -0.2) is 9.97 Å². The van der Waals surface area contributed by atoms with Crippen molar-refractivity contribution in [2.75, 3.05) is 11.9 Å². The molecule has 0 unspecified atom stereocenters. The molecule has 5 nitrogen and oxygen atoms in total. The van der Waals surface area contributed by atoms with Crippen molar-refractivity contribution in [2.45, 2.75) is 26.7 Å². The summed E-state index contributed by atoms with van der Waals surface area (Å²) < 4.78 is 0. The number of carboxylic acid groups (broad SMARTS) is 1. The number of fused-ring (bicyclic) bond motifs is 1. The smallest absolute Gasteiger partial charge is 0.311 e. The molecule has 0 spiro atoms. The van der Waals surface area contributed by atoms with Gasteiger partial charge in [-0.1, -0.05) is 0 Å². The summed E-state index contributed by atoms with van der Waals surface area (Å²) in [5.41, 5.74) is 0.583. The van der Waals surface area contributed by atoms with Crippen LogP contribution in [0, 0.1) is 19.3 Å². The van der Waals surface area contributed by atoms with E-state index in [9.17, 15) is 9.90 Å². The molecule has 2 N–H and O–H groups in total. The number of aromatic nitrogens is 2. The monoisotopic (exact) mass is 277 g/mol. The van der Waals surface area contributed by atoms with E-state index in [4.69, 9.17) is 0 Å². The Morgan fingerprint density at radius 3 is 2.84 bits per heavy atom. The van der Waals surface area contributed by atoms with Gasteiger partial charge in [-0.3, -0.25) is 4.79 Å². The van der Waals surface area contributed by atoms with E-state index >= 15 is 0 Å². The minimum Gasteiger partial charge on any atom is -0.481 e. The summed E-state index contributed by atoms with van der Waals surface area (Å²) in [6.07, 6.45) is 3.01. The zero-order chi connectivity index (χ0) is 13.6. The number of aryl methyl sites for hydroxylation is 2. The minimum atomic E-state index is -0.719. The van der Waals surface area contributed by atoms with Crippen LogP contribution < -0.4 is 5.32 Å². The highest BCUT2D eigenvalue weighted by Gasteiger charge is 2.50. The standard InChI is InChI=1S/C13H15N3O2S/c1-7-8(2)19-11-9(7)10(15-6-16-11)14-5-13(3-4-13)12(17)18/h6H,3-5H2,1-2H3,(H,17,18)(H,14,15,16). The summed E-state index contributed by atoms with van der Waals surface area (Å²) >= 11 is 1.64. The van der Waals surface area contributed by atoms with Crippen LogP contribution in [0.15, 0.2) is 6.33 Å². The van der Waals surface area contributed by atoms with E-state index in [2.05, 4.69) is 22.2 Å². The van der Waals surface area contributed by atoms with E-state index in [1.54, 1.807) is 11.3 Å². The molecule has 2 aromatic rings. The molecule has 100 valence electrons. The van der Waals surface area contributed by atoms with Crippen molar-refractivity contribution < 1.29 is 9.90 Å². The SMILES string of the molecule is Cc1sc2ncnc(NCC3(C(=O)O)CC3)c2c1C. The first-order chi connectivity index (χ1) is 9.03. The van der Waals surface area contributed by atoms with Crippen LogP contribution in [0.5, 0.6) is 0 Å². The maximum Gasteiger partial charge on any atom is 0.311 e. The van der Waals surface area contributed by atoms with Crippen molar-refractivity contribution in [3.05, 3.63) is 16.8 Å². The largest absolute Gasteiger partial charge is 0.481 e. The zero-order valence-corrected chi connectivity index (χ0v) is 11.7. The van der Waals surface area contributed by atoms with Crippen molar-refractivity contribution in [1.29, 1.82) is 0 Å². The van der Waals surface area contributed by atoms with E-state index < -0.39 is 11.4 Å². The van der Waals surface area contributed by atoms with Gasteiger partial charge in [0, 0.05) is 11.4 Å². The van der Waals surface area contributed by atoms with Gasteiger partial charge in [0.2, 0.25) is 0 Å². The molecule has 6 heteroatoms. The fraction of sp³-hybridized carbons (Fsp3) is 0.462. The molecule has 2 heterocycles. The van der Waals surface area contributed by atoms with Gasteiger partial charge in [0.1, 0.15) is 17.0 Å². The second-order valence-corrected chi connectivity index (χ2v) is 6.33. The molecule has 0 aromatic carbocycles. The first-order valence-corrected chi connectivity index (χ1v) is 7.03. The average molecular weight is 277 g/mol. The highest BCUT2D eigenvalue weighted by molar-refractivity contribution is 7.18. The van der Waals surface area contributed by atoms with Crippen molar-refractivity contribution in [1.82, 2.24) is 9.97 Å². The fourth-order valence-corrected chi connectivity index (χ4v) is 3.18. The molecule has 2 aromatic heterocycles. The molecule has 0 bridgehead atoms. The van der Waals surface area contributed by atoms with Crippen LogP contribution in [0.2, 0.25) is 0 Å². The van der Waals surface area contributed by atoms with Gasteiger partial charge < -0.3 is 10.4 Å². The van der Waals surface area contributed by atoms with Crippen LogP contribution in [0.4, 0.5) is 5.82 Å². The lowest BCUT2D eigenvalue weighted by Crippen LogP contribution is -2.24. The summed E-state index contributed by atoms with van der Waals surface area (Å²) in [6, 6.07) is 0. The number of thiophene rings is 1. The Balaban J connectivity index is 1.91. The minimum absolute atomic E-state index is 0.433. The predicted molar refractivity (Wildman–Crippen MR) is 74.7 cm³/mol. The van der Waals surface area contributed by atoms with Crippen molar-refractivity contribution in [3.8, 4) is 0 Å². The van der Waals surface area contributed by atoms with Gasteiger partial charge in [0.25, 0.3) is 0 Å². The molecule has 1 fully saturated rings. The second kappa shape index (κ2) is 4.16. The third-order valence-corrected chi connectivity index (χ3v) is 4.98. The zero-order valence-electron chi connectivity index (χ0n) is 10.9. The topological polar surface area (TPSA) is 75.1 Å². The summed E-state index contributed by atoms with van der Waals surface area (Å²) in [4.78, 5) is 21.9. The molecular formula is C13H15N3O2S.